The van der Waals surface area contributed by atoms with E-state index in [0.717, 1.165) is 28.5 Å². The largest absolute Gasteiger partial charge is 0.489 e. The first-order valence-corrected chi connectivity index (χ1v) is 12.5. The molecule has 0 aliphatic carbocycles. The molecule has 1 saturated heterocycles. The van der Waals surface area contributed by atoms with Crippen LogP contribution in [0.5, 0.6) is 5.75 Å². The van der Waals surface area contributed by atoms with Gasteiger partial charge in [0.25, 0.3) is 5.91 Å². The number of carboxylic acid groups (broad SMARTS) is 1. The molecule has 0 bridgehead atoms. The minimum atomic E-state index is -1.10. The number of carbonyl (C=O) groups is 2. The van der Waals surface area contributed by atoms with Crippen molar-refractivity contribution in [2.45, 2.75) is 19.1 Å². The van der Waals surface area contributed by atoms with Gasteiger partial charge in [-0.05, 0) is 41.5 Å². The van der Waals surface area contributed by atoms with Gasteiger partial charge in [-0.2, -0.15) is 0 Å². The van der Waals surface area contributed by atoms with Crippen LogP contribution in [-0.4, -0.2) is 32.2 Å². The van der Waals surface area contributed by atoms with E-state index in [2.05, 4.69) is 0 Å². The fourth-order valence-corrected chi connectivity index (χ4v) is 5.31. The molecular weight excluding hydrogens is 525 g/mol. The highest BCUT2D eigenvalue weighted by molar-refractivity contribution is 8.26. The molecule has 1 aliphatic rings. The molecule has 3 aromatic rings. The van der Waals surface area contributed by atoms with Crippen LogP contribution in [0.2, 0.25) is 10.0 Å². The van der Waals surface area contributed by atoms with Crippen LogP contribution < -0.4 is 4.74 Å². The summed E-state index contributed by atoms with van der Waals surface area (Å²) >= 11 is 18.6. The number of aliphatic carboxylic acids is 1. The number of thioether (sulfide) groups is 1. The van der Waals surface area contributed by atoms with Gasteiger partial charge in [-0.15, -0.1) is 0 Å². The van der Waals surface area contributed by atoms with Gasteiger partial charge < -0.3 is 9.84 Å². The highest BCUT2D eigenvalue weighted by atomic mass is 35.5. The molecule has 178 valence electrons. The van der Waals surface area contributed by atoms with E-state index in [-0.39, 0.29) is 17.3 Å². The normalized spacial score (nSPS) is 15.5. The number of amides is 1. The Hall–Kier alpha value is -2.84. The molecule has 4 rings (SSSR count). The molecule has 1 fully saturated rings. The zero-order valence-electron chi connectivity index (χ0n) is 18.2. The average molecular weight is 544 g/mol. The topological polar surface area (TPSA) is 66.8 Å². The first-order valence-electron chi connectivity index (χ1n) is 10.5. The van der Waals surface area contributed by atoms with E-state index in [9.17, 15) is 14.7 Å². The average Bonchev–Trinajstić information content (AvgIpc) is 3.11. The summed E-state index contributed by atoms with van der Waals surface area (Å²) in [7, 11) is 0. The Morgan fingerprint density at radius 1 is 1.09 bits per heavy atom. The predicted molar refractivity (Wildman–Crippen MR) is 144 cm³/mol. The van der Waals surface area contributed by atoms with Crippen LogP contribution in [0.3, 0.4) is 0 Å². The number of carbonyl (C=O) groups excluding carboxylic acids is 1. The Kier molecular flexibility index (Phi) is 8.13. The Morgan fingerprint density at radius 3 is 2.46 bits per heavy atom. The smallest absolute Gasteiger partial charge is 0.327 e. The van der Waals surface area contributed by atoms with Crippen molar-refractivity contribution in [1.82, 2.24) is 4.90 Å². The molecule has 1 atom stereocenters. The van der Waals surface area contributed by atoms with Crippen LogP contribution >= 0.6 is 47.2 Å². The second-order valence-electron chi connectivity index (χ2n) is 7.69. The van der Waals surface area contributed by atoms with Gasteiger partial charge in [0.05, 0.1) is 4.91 Å². The van der Waals surface area contributed by atoms with E-state index in [1.54, 1.807) is 30.3 Å². The van der Waals surface area contributed by atoms with Crippen molar-refractivity contribution in [2.75, 3.05) is 0 Å². The van der Waals surface area contributed by atoms with Gasteiger partial charge in [0, 0.05) is 22.0 Å². The molecule has 1 aliphatic heterocycles. The van der Waals surface area contributed by atoms with Crippen molar-refractivity contribution in [1.29, 1.82) is 0 Å². The molecule has 1 amide bonds. The lowest BCUT2D eigenvalue weighted by Gasteiger charge is -2.23. The number of rotatable bonds is 8. The van der Waals surface area contributed by atoms with Gasteiger partial charge in [-0.25, -0.2) is 4.79 Å². The third-order valence-electron chi connectivity index (χ3n) is 5.28. The van der Waals surface area contributed by atoms with Crippen LogP contribution in [0.4, 0.5) is 0 Å². The van der Waals surface area contributed by atoms with Crippen molar-refractivity contribution in [3.05, 3.63) is 104 Å². The van der Waals surface area contributed by atoms with E-state index in [1.165, 1.54) is 4.90 Å². The standard InChI is InChI=1S/C26H19Cl2NO4S2/c27-19-9-8-18(21(28)14-19)15-33-20-10-6-17(7-11-20)13-23-24(30)29(26(34)35-23)22(25(31)32)12-16-4-2-1-3-5-16/h1-11,13-14,22H,12,15H2,(H,31,32)/b23-13-/t22-/m0/s1. The van der Waals surface area contributed by atoms with E-state index in [1.807, 2.05) is 48.5 Å². The summed E-state index contributed by atoms with van der Waals surface area (Å²) in [6.45, 7) is 0.284. The second-order valence-corrected chi connectivity index (χ2v) is 10.2. The SMILES string of the molecule is O=C(O)[C@H](Cc1ccccc1)N1C(=O)/C(=C/c2ccc(OCc3ccc(Cl)cc3Cl)cc2)SC1=S. The number of carboxylic acids is 1. The first-order chi connectivity index (χ1) is 16.8. The third kappa shape index (κ3) is 6.24. The number of hydrogen-bond donors (Lipinski definition) is 1. The first kappa shape index (κ1) is 25.3. The van der Waals surface area contributed by atoms with Crippen LogP contribution in [0, 0.1) is 0 Å². The summed E-state index contributed by atoms with van der Waals surface area (Å²) in [4.78, 5) is 26.6. The van der Waals surface area contributed by atoms with Crippen LogP contribution in [-0.2, 0) is 22.6 Å². The highest BCUT2D eigenvalue weighted by Gasteiger charge is 2.40. The summed E-state index contributed by atoms with van der Waals surface area (Å²) in [5.41, 5.74) is 2.39. The van der Waals surface area contributed by atoms with Crippen molar-refractivity contribution >= 4 is 69.5 Å². The lowest BCUT2D eigenvalue weighted by molar-refractivity contribution is -0.145. The molecule has 5 nitrogen and oxygen atoms in total. The summed E-state index contributed by atoms with van der Waals surface area (Å²) < 4.78 is 6.02. The van der Waals surface area contributed by atoms with Gasteiger partial charge in [-0.3, -0.25) is 9.69 Å². The van der Waals surface area contributed by atoms with Gasteiger partial charge in [-0.1, -0.05) is 95.7 Å². The van der Waals surface area contributed by atoms with E-state index in [0.29, 0.717) is 20.7 Å². The number of halogens is 2. The Bertz CT molecular complexity index is 1300. The number of ether oxygens (including phenoxy) is 1. The highest BCUT2D eigenvalue weighted by Crippen LogP contribution is 2.35. The van der Waals surface area contributed by atoms with E-state index >= 15 is 0 Å². The molecule has 3 aromatic carbocycles. The Morgan fingerprint density at radius 2 is 1.80 bits per heavy atom. The number of thiocarbonyl (C=S) groups is 1. The number of nitrogens with zero attached hydrogens (tertiary/aromatic N) is 1. The third-order valence-corrected chi connectivity index (χ3v) is 7.20. The molecule has 1 N–H and O–H groups in total. The lowest BCUT2D eigenvalue weighted by atomic mass is 10.0. The number of benzene rings is 3. The Balaban J connectivity index is 1.45. The van der Waals surface area contributed by atoms with Gasteiger partial charge in [0.2, 0.25) is 0 Å². The minimum Gasteiger partial charge on any atom is -0.489 e. The monoisotopic (exact) mass is 543 g/mol. The molecule has 1 heterocycles. The van der Waals surface area contributed by atoms with E-state index < -0.39 is 17.9 Å². The molecular formula is C26H19Cl2NO4S2. The van der Waals surface area contributed by atoms with Gasteiger partial charge in [0.15, 0.2) is 0 Å². The molecule has 9 heteroatoms. The fourth-order valence-electron chi connectivity index (χ4n) is 3.49. The second kappa shape index (κ2) is 11.3. The lowest BCUT2D eigenvalue weighted by Crippen LogP contribution is -2.45. The molecule has 0 radical (unpaired) electrons. The molecule has 0 aromatic heterocycles. The summed E-state index contributed by atoms with van der Waals surface area (Å²) in [5, 5.41) is 10.9. The Labute approximate surface area is 222 Å². The van der Waals surface area contributed by atoms with Crippen LogP contribution in [0.15, 0.2) is 77.7 Å². The zero-order chi connectivity index (χ0) is 24.9. The summed E-state index contributed by atoms with van der Waals surface area (Å²) in [5.74, 6) is -0.885. The van der Waals surface area contributed by atoms with Crippen LogP contribution in [0.1, 0.15) is 16.7 Å². The molecule has 35 heavy (non-hydrogen) atoms. The number of hydrogen-bond acceptors (Lipinski definition) is 5. The maximum Gasteiger partial charge on any atom is 0.327 e. The quantitative estimate of drug-likeness (QED) is 0.259. The molecule has 0 saturated carbocycles. The zero-order valence-corrected chi connectivity index (χ0v) is 21.3. The summed E-state index contributed by atoms with van der Waals surface area (Å²) in [6, 6.07) is 20.5. The minimum absolute atomic E-state index is 0.166. The van der Waals surface area contributed by atoms with Crippen molar-refractivity contribution in [3.8, 4) is 5.75 Å². The predicted octanol–water partition coefficient (Wildman–Crippen LogP) is 6.47. The molecule has 0 spiro atoms. The maximum atomic E-state index is 13.1. The fraction of sp³-hybridized carbons (Fsp3) is 0.115. The van der Waals surface area contributed by atoms with Gasteiger partial charge >= 0.3 is 5.97 Å². The summed E-state index contributed by atoms with van der Waals surface area (Å²) in [6.07, 6.45) is 1.86. The van der Waals surface area contributed by atoms with E-state index in [4.69, 9.17) is 40.2 Å². The maximum absolute atomic E-state index is 13.1. The van der Waals surface area contributed by atoms with Crippen LogP contribution in [0.25, 0.3) is 6.08 Å². The van der Waals surface area contributed by atoms with Gasteiger partial charge in [0.1, 0.15) is 22.7 Å². The van der Waals surface area contributed by atoms with Crippen molar-refractivity contribution < 1.29 is 19.4 Å². The van der Waals surface area contributed by atoms with Crippen molar-refractivity contribution in [3.63, 3.8) is 0 Å². The molecule has 0 unspecified atom stereocenters. The van der Waals surface area contributed by atoms with Crippen molar-refractivity contribution in [2.24, 2.45) is 0 Å².